The Balaban J connectivity index is -0.000000495. The average molecular weight is 460 g/mol. The van der Waals surface area contributed by atoms with Crippen molar-refractivity contribution in [3.8, 4) is 0 Å². The molecular formula is C28H49N3O2. The molecule has 0 saturated carbocycles. The zero-order chi connectivity index (χ0) is 26.4. The van der Waals surface area contributed by atoms with E-state index >= 15 is 0 Å². The molecule has 0 aliphatic carbocycles. The minimum absolute atomic E-state index is 0.371. The Bertz CT molecular complexity index is 755. The summed E-state index contributed by atoms with van der Waals surface area (Å²) in [5, 5.41) is 2.61. The highest BCUT2D eigenvalue weighted by molar-refractivity contribution is 5.82. The van der Waals surface area contributed by atoms with Gasteiger partial charge in [0.25, 0.3) is 0 Å². The summed E-state index contributed by atoms with van der Waals surface area (Å²) in [6.07, 6.45) is 8.16. The molecule has 5 heteroatoms. The molecule has 188 valence electrons. The third kappa shape index (κ3) is 16.6. The van der Waals surface area contributed by atoms with Crippen LogP contribution in [0.25, 0.3) is 5.57 Å². The van der Waals surface area contributed by atoms with E-state index in [2.05, 4.69) is 73.7 Å². The van der Waals surface area contributed by atoms with Gasteiger partial charge in [0, 0.05) is 18.3 Å². The van der Waals surface area contributed by atoms with Crippen molar-refractivity contribution in [2.24, 2.45) is 10.7 Å². The number of nitrogens with one attached hydrogen (secondary N) is 1. The van der Waals surface area contributed by atoms with Gasteiger partial charge in [-0.1, -0.05) is 50.3 Å². The van der Waals surface area contributed by atoms with Crippen molar-refractivity contribution in [3.05, 3.63) is 65.4 Å². The molecule has 1 aromatic carbocycles. The van der Waals surface area contributed by atoms with Crippen LogP contribution in [0.2, 0.25) is 0 Å². The second-order valence-corrected chi connectivity index (χ2v) is 7.52. The zero-order valence-corrected chi connectivity index (χ0v) is 23.0. The second-order valence-electron chi connectivity index (χ2n) is 7.52. The predicted molar refractivity (Wildman–Crippen MR) is 148 cm³/mol. The largest absolute Gasteiger partial charge is 0.444 e. The first kappa shape index (κ1) is 34.9. The number of benzene rings is 1. The summed E-state index contributed by atoms with van der Waals surface area (Å²) < 4.78 is 5.00. The van der Waals surface area contributed by atoms with Gasteiger partial charge in [0.1, 0.15) is 5.60 Å². The van der Waals surface area contributed by atoms with E-state index in [1.807, 2.05) is 54.7 Å². The monoisotopic (exact) mass is 459 g/mol. The molecule has 1 amide bonds. The van der Waals surface area contributed by atoms with Crippen LogP contribution in [0.15, 0.2) is 53.7 Å². The summed E-state index contributed by atoms with van der Waals surface area (Å²) in [6, 6.07) is 6.40. The van der Waals surface area contributed by atoms with E-state index in [-0.39, 0.29) is 6.09 Å². The predicted octanol–water partition coefficient (Wildman–Crippen LogP) is 7.39. The lowest BCUT2D eigenvalue weighted by Crippen LogP contribution is -2.32. The Labute approximate surface area is 203 Å². The molecule has 0 saturated heterocycles. The summed E-state index contributed by atoms with van der Waals surface area (Å²) in [5.41, 5.74) is 10.2. The van der Waals surface area contributed by atoms with Crippen LogP contribution in [0.1, 0.15) is 78.5 Å². The number of amides is 1. The van der Waals surface area contributed by atoms with Gasteiger partial charge < -0.3 is 15.8 Å². The van der Waals surface area contributed by atoms with Gasteiger partial charge in [-0.15, -0.1) is 6.58 Å². The van der Waals surface area contributed by atoms with Crippen molar-refractivity contribution in [2.45, 2.75) is 81.3 Å². The lowest BCUT2D eigenvalue weighted by atomic mass is 9.95. The van der Waals surface area contributed by atoms with Crippen molar-refractivity contribution in [1.82, 2.24) is 5.32 Å². The number of alkyl carbamates (subject to hydrolysis) is 1. The Morgan fingerprint density at radius 3 is 2.12 bits per heavy atom. The van der Waals surface area contributed by atoms with E-state index < -0.39 is 5.60 Å². The van der Waals surface area contributed by atoms with Crippen LogP contribution in [0.4, 0.5) is 4.79 Å². The lowest BCUT2D eigenvalue weighted by molar-refractivity contribution is 0.0529. The SMILES string of the molecule is C=CCCNC(=O)OC(C)(C)C.CC.CC=NC(=C\C)/C(=C\C)c1cccc(C)c1C.CN. The van der Waals surface area contributed by atoms with Crippen LogP contribution in [-0.4, -0.2) is 31.5 Å². The first-order valence-corrected chi connectivity index (χ1v) is 11.6. The lowest BCUT2D eigenvalue weighted by Gasteiger charge is -2.19. The molecule has 0 bridgehead atoms. The highest BCUT2D eigenvalue weighted by Gasteiger charge is 2.15. The molecule has 0 fully saturated rings. The van der Waals surface area contributed by atoms with E-state index in [0.717, 1.165) is 12.1 Å². The molecule has 0 heterocycles. The number of aliphatic imine (C=N–C) groups is 1. The molecule has 0 unspecified atom stereocenters. The fraction of sp³-hybridized carbons (Fsp3) is 0.500. The van der Waals surface area contributed by atoms with Crippen molar-refractivity contribution in [2.75, 3.05) is 13.6 Å². The van der Waals surface area contributed by atoms with Crippen LogP contribution >= 0.6 is 0 Å². The number of allylic oxidation sites excluding steroid dienone is 3. The maximum absolute atomic E-state index is 11.0. The molecule has 0 radical (unpaired) electrons. The minimum Gasteiger partial charge on any atom is -0.444 e. The summed E-state index contributed by atoms with van der Waals surface area (Å²) >= 11 is 0. The summed E-state index contributed by atoms with van der Waals surface area (Å²) in [7, 11) is 1.50. The molecule has 33 heavy (non-hydrogen) atoms. The van der Waals surface area contributed by atoms with E-state index in [1.54, 1.807) is 6.08 Å². The number of nitrogens with zero attached hydrogens (tertiary/aromatic N) is 1. The Morgan fingerprint density at radius 1 is 1.12 bits per heavy atom. The molecule has 5 nitrogen and oxygen atoms in total. The highest BCUT2D eigenvalue weighted by Crippen LogP contribution is 2.28. The number of carbonyl (C=O) groups is 1. The van der Waals surface area contributed by atoms with Crippen LogP contribution < -0.4 is 11.1 Å². The molecule has 1 aromatic rings. The maximum Gasteiger partial charge on any atom is 0.407 e. The number of rotatable bonds is 6. The average Bonchev–Trinajstić information content (AvgIpc) is 2.78. The molecule has 0 atom stereocenters. The number of hydrogen-bond acceptors (Lipinski definition) is 4. The fourth-order valence-electron chi connectivity index (χ4n) is 2.51. The molecular weight excluding hydrogens is 410 g/mol. The molecule has 1 rings (SSSR count). The molecule has 3 N–H and O–H groups in total. The third-order valence-electron chi connectivity index (χ3n) is 4.02. The second kappa shape index (κ2) is 21.2. The Kier molecular flexibility index (Phi) is 22.4. The van der Waals surface area contributed by atoms with Crippen LogP contribution in [-0.2, 0) is 4.74 Å². The standard InChI is InChI=1S/C16H21N.C9H17NO2.C2H6.CH5N/c1-6-14(16(7-2)17-8-3)15-11-9-10-12(4)13(15)5;1-5-6-7-10-8(11)12-9(2,3)4;2*1-2/h6-11H,1-5H3;5H,1,6-7H2,2-4H3,(H,10,11);1-2H3;2H2,1H3/b14-6-,16-7-,17-8?;;;. The first-order chi connectivity index (χ1) is 15.6. The van der Waals surface area contributed by atoms with Gasteiger partial charge in [-0.2, -0.15) is 0 Å². The maximum atomic E-state index is 11.0. The molecule has 0 aromatic heterocycles. The number of nitrogens with two attached hydrogens (primary N) is 1. The normalized spacial score (nSPS) is 11.2. The molecule has 0 aliphatic heterocycles. The highest BCUT2D eigenvalue weighted by atomic mass is 16.6. The van der Waals surface area contributed by atoms with Gasteiger partial charge in [0.05, 0.1) is 5.70 Å². The van der Waals surface area contributed by atoms with Crippen molar-refractivity contribution in [1.29, 1.82) is 0 Å². The summed E-state index contributed by atoms with van der Waals surface area (Å²) in [4.78, 5) is 15.4. The fourth-order valence-corrected chi connectivity index (χ4v) is 2.51. The van der Waals surface area contributed by atoms with Gasteiger partial charge >= 0.3 is 6.09 Å². The van der Waals surface area contributed by atoms with Crippen LogP contribution in [0, 0.1) is 13.8 Å². The zero-order valence-electron chi connectivity index (χ0n) is 23.0. The first-order valence-electron chi connectivity index (χ1n) is 11.6. The van der Waals surface area contributed by atoms with Crippen molar-refractivity contribution < 1.29 is 9.53 Å². The number of carbonyl (C=O) groups excluding carboxylic acids is 1. The third-order valence-corrected chi connectivity index (χ3v) is 4.02. The van der Waals surface area contributed by atoms with E-state index in [4.69, 9.17) is 4.74 Å². The summed E-state index contributed by atoms with van der Waals surface area (Å²) in [6.45, 7) is 24.0. The van der Waals surface area contributed by atoms with E-state index in [9.17, 15) is 4.79 Å². The van der Waals surface area contributed by atoms with Gasteiger partial charge in [-0.3, -0.25) is 4.99 Å². The smallest absolute Gasteiger partial charge is 0.407 e. The van der Waals surface area contributed by atoms with E-state index in [0.29, 0.717) is 6.54 Å². The Hall–Kier alpha value is -2.66. The molecule has 0 aliphatic rings. The number of ether oxygens (including phenoxy) is 1. The Morgan fingerprint density at radius 2 is 1.70 bits per heavy atom. The topological polar surface area (TPSA) is 76.7 Å². The number of aryl methyl sites for hydroxylation is 1. The molecule has 0 spiro atoms. The van der Waals surface area contributed by atoms with Crippen molar-refractivity contribution >= 4 is 17.9 Å². The minimum atomic E-state index is -0.418. The van der Waals surface area contributed by atoms with Gasteiger partial charge in [-0.25, -0.2) is 4.79 Å². The van der Waals surface area contributed by atoms with E-state index in [1.165, 1.54) is 29.3 Å². The van der Waals surface area contributed by atoms with Crippen LogP contribution in [0.3, 0.4) is 0 Å². The van der Waals surface area contributed by atoms with Crippen LogP contribution in [0.5, 0.6) is 0 Å². The van der Waals surface area contributed by atoms with Gasteiger partial charge in [-0.05, 0) is 85.5 Å². The van der Waals surface area contributed by atoms with Crippen molar-refractivity contribution in [3.63, 3.8) is 0 Å². The number of hydrogen-bond donors (Lipinski definition) is 2. The quantitative estimate of drug-likeness (QED) is 0.201. The summed E-state index contributed by atoms with van der Waals surface area (Å²) in [5.74, 6) is 0. The van der Waals surface area contributed by atoms with Gasteiger partial charge in [0.2, 0.25) is 0 Å². The van der Waals surface area contributed by atoms with Gasteiger partial charge in [0.15, 0.2) is 0 Å².